The van der Waals surface area contributed by atoms with Crippen molar-refractivity contribution in [1.82, 2.24) is 15.1 Å². The van der Waals surface area contributed by atoms with Gasteiger partial charge >= 0.3 is 0 Å². The summed E-state index contributed by atoms with van der Waals surface area (Å²) in [4.78, 5) is 5.18. The number of piperazine rings is 1. The first-order valence-electron chi connectivity index (χ1n) is 8.10. The minimum Gasteiger partial charge on any atom is -0.298 e. The Morgan fingerprint density at radius 1 is 1.35 bits per heavy atom. The molecule has 0 aliphatic carbocycles. The van der Waals surface area contributed by atoms with Gasteiger partial charge in [-0.3, -0.25) is 15.1 Å². The van der Waals surface area contributed by atoms with Crippen molar-refractivity contribution in [1.29, 1.82) is 5.26 Å². The third-order valence-electron chi connectivity index (χ3n) is 4.69. The third-order valence-corrected chi connectivity index (χ3v) is 4.69. The lowest BCUT2D eigenvalue weighted by molar-refractivity contribution is 0.00657. The predicted molar refractivity (Wildman–Crippen MR) is 82.5 cm³/mol. The fourth-order valence-corrected chi connectivity index (χ4v) is 3.79. The molecule has 0 aromatic carbocycles. The van der Waals surface area contributed by atoms with Crippen molar-refractivity contribution in [2.45, 2.75) is 70.6 Å². The monoisotopic (exact) mass is 278 g/mol. The Bertz CT molecular complexity index is 362. The van der Waals surface area contributed by atoms with E-state index in [1.165, 1.54) is 25.8 Å². The number of rotatable bonds is 4. The van der Waals surface area contributed by atoms with E-state index in [-0.39, 0.29) is 0 Å². The zero-order valence-corrected chi connectivity index (χ0v) is 13.5. The van der Waals surface area contributed by atoms with Crippen LogP contribution in [0.3, 0.4) is 0 Å². The van der Waals surface area contributed by atoms with Gasteiger partial charge in [0.05, 0.1) is 6.07 Å². The number of fused-ring (bicyclic) bond motifs is 1. The highest BCUT2D eigenvalue weighted by atomic mass is 15.3. The number of hydrogen-bond donors (Lipinski definition) is 1. The quantitative estimate of drug-likeness (QED) is 0.852. The maximum atomic E-state index is 9.53. The van der Waals surface area contributed by atoms with Gasteiger partial charge in [-0.2, -0.15) is 5.26 Å². The Kier molecular flexibility index (Phi) is 5.06. The molecule has 3 atom stereocenters. The van der Waals surface area contributed by atoms with Crippen LogP contribution in [0.4, 0.5) is 0 Å². The van der Waals surface area contributed by atoms with Crippen LogP contribution in [0.25, 0.3) is 0 Å². The van der Waals surface area contributed by atoms with E-state index in [1.54, 1.807) is 0 Å². The molecule has 3 unspecified atom stereocenters. The first-order chi connectivity index (χ1) is 9.43. The summed E-state index contributed by atoms with van der Waals surface area (Å²) in [7, 11) is 0. The van der Waals surface area contributed by atoms with Crippen molar-refractivity contribution < 1.29 is 0 Å². The molecule has 4 nitrogen and oxygen atoms in total. The highest BCUT2D eigenvalue weighted by Gasteiger charge is 2.36. The molecular weight excluding hydrogens is 248 g/mol. The molecule has 20 heavy (non-hydrogen) atoms. The molecule has 0 radical (unpaired) electrons. The molecule has 1 N–H and O–H groups in total. The number of nitriles is 1. The first kappa shape index (κ1) is 15.8. The molecule has 2 aliphatic heterocycles. The lowest BCUT2D eigenvalue weighted by atomic mass is 9.94. The fourth-order valence-electron chi connectivity index (χ4n) is 3.79. The normalized spacial score (nSPS) is 31.6. The van der Waals surface area contributed by atoms with Crippen LogP contribution < -0.4 is 5.32 Å². The van der Waals surface area contributed by atoms with Gasteiger partial charge in [0, 0.05) is 37.8 Å². The number of hydrogen-bond acceptors (Lipinski definition) is 4. The van der Waals surface area contributed by atoms with Gasteiger partial charge < -0.3 is 0 Å². The summed E-state index contributed by atoms with van der Waals surface area (Å²) < 4.78 is 0. The average Bonchev–Trinajstić information content (AvgIpc) is 2.39. The summed E-state index contributed by atoms with van der Waals surface area (Å²) in [5.74, 6) is 0. The van der Waals surface area contributed by atoms with Gasteiger partial charge in [0.1, 0.15) is 5.54 Å². The van der Waals surface area contributed by atoms with Gasteiger partial charge in [-0.1, -0.05) is 6.42 Å². The van der Waals surface area contributed by atoms with Gasteiger partial charge in [-0.05, 0) is 47.1 Å². The lowest BCUT2D eigenvalue weighted by Crippen LogP contribution is -2.63. The molecule has 2 rings (SSSR count). The van der Waals surface area contributed by atoms with Crippen LogP contribution in [-0.4, -0.2) is 59.6 Å². The lowest BCUT2D eigenvalue weighted by Gasteiger charge is -2.49. The molecule has 2 aliphatic rings. The molecule has 2 saturated heterocycles. The van der Waals surface area contributed by atoms with Gasteiger partial charge in [0.2, 0.25) is 0 Å². The number of piperidine rings is 1. The molecule has 0 amide bonds. The van der Waals surface area contributed by atoms with E-state index in [0.29, 0.717) is 18.1 Å². The topological polar surface area (TPSA) is 42.3 Å². The minimum absolute atomic E-state index is 0.339. The maximum Gasteiger partial charge on any atom is 0.116 e. The van der Waals surface area contributed by atoms with E-state index in [2.05, 4.69) is 42.0 Å². The largest absolute Gasteiger partial charge is 0.298 e. The second-order valence-corrected chi connectivity index (χ2v) is 7.17. The summed E-state index contributed by atoms with van der Waals surface area (Å²) in [6.07, 6.45) is 4.04. The van der Waals surface area contributed by atoms with E-state index in [0.717, 1.165) is 19.6 Å². The zero-order valence-electron chi connectivity index (χ0n) is 13.5. The second kappa shape index (κ2) is 6.43. The zero-order chi connectivity index (χ0) is 14.8. The summed E-state index contributed by atoms with van der Waals surface area (Å²) in [6, 6.07) is 4.08. The minimum atomic E-state index is -0.445. The number of nitrogens with one attached hydrogen (secondary N) is 1. The Morgan fingerprint density at radius 2 is 2.10 bits per heavy atom. The average molecular weight is 278 g/mol. The molecule has 2 fully saturated rings. The molecule has 0 saturated carbocycles. The molecule has 114 valence electrons. The highest BCUT2D eigenvalue weighted by Crippen LogP contribution is 2.25. The molecule has 4 heteroatoms. The van der Waals surface area contributed by atoms with E-state index in [4.69, 9.17) is 0 Å². The van der Waals surface area contributed by atoms with E-state index < -0.39 is 5.54 Å². The van der Waals surface area contributed by atoms with Crippen molar-refractivity contribution in [3.8, 4) is 6.07 Å². The van der Waals surface area contributed by atoms with Crippen LogP contribution >= 0.6 is 0 Å². The van der Waals surface area contributed by atoms with Crippen LogP contribution in [0, 0.1) is 11.3 Å². The van der Waals surface area contributed by atoms with Gasteiger partial charge in [0.15, 0.2) is 0 Å². The van der Waals surface area contributed by atoms with Crippen LogP contribution in [0.5, 0.6) is 0 Å². The molecule has 2 heterocycles. The molecular formula is C16H30N4. The van der Waals surface area contributed by atoms with Crippen molar-refractivity contribution in [2.75, 3.05) is 26.2 Å². The van der Waals surface area contributed by atoms with E-state index in [9.17, 15) is 5.26 Å². The molecule has 0 bridgehead atoms. The molecule has 0 aromatic heterocycles. The van der Waals surface area contributed by atoms with Crippen molar-refractivity contribution in [3.05, 3.63) is 0 Å². The third kappa shape index (κ3) is 3.72. The van der Waals surface area contributed by atoms with Crippen LogP contribution in [0.1, 0.15) is 47.0 Å². The van der Waals surface area contributed by atoms with Gasteiger partial charge in [-0.25, -0.2) is 0 Å². The smallest absolute Gasteiger partial charge is 0.116 e. The highest BCUT2D eigenvalue weighted by molar-refractivity contribution is 5.08. The van der Waals surface area contributed by atoms with Crippen LogP contribution in [0.2, 0.25) is 0 Å². The standard InChI is InChI=1S/C16H30N4/c1-13(2)18-16(4,11-17)12-20-10-15-7-5-6-8-19(15)9-14(20)3/h13-15,18H,5-10,12H2,1-4H3. The first-order valence-corrected chi connectivity index (χ1v) is 8.10. The Morgan fingerprint density at radius 3 is 2.75 bits per heavy atom. The SMILES string of the molecule is CC(C)NC(C)(C#N)CN1CC2CCCCN2CC1C. The Balaban J connectivity index is 1.99. The van der Waals surface area contributed by atoms with Crippen molar-refractivity contribution in [2.24, 2.45) is 0 Å². The number of nitrogens with zero attached hydrogens (tertiary/aromatic N) is 3. The Hall–Kier alpha value is -0.630. The van der Waals surface area contributed by atoms with Crippen LogP contribution in [0.15, 0.2) is 0 Å². The summed E-state index contributed by atoms with van der Waals surface area (Å²) in [6.45, 7) is 12.9. The fraction of sp³-hybridized carbons (Fsp3) is 0.938. The summed E-state index contributed by atoms with van der Waals surface area (Å²) >= 11 is 0. The van der Waals surface area contributed by atoms with Crippen molar-refractivity contribution in [3.63, 3.8) is 0 Å². The molecule has 0 aromatic rings. The summed E-state index contributed by atoms with van der Waals surface area (Å²) in [5, 5.41) is 13.0. The predicted octanol–water partition coefficient (Wildman–Crippen LogP) is 1.83. The summed E-state index contributed by atoms with van der Waals surface area (Å²) in [5.41, 5.74) is -0.445. The van der Waals surface area contributed by atoms with Gasteiger partial charge in [-0.15, -0.1) is 0 Å². The van der Waals surface area contributed by atoms with Crippen LogP contribution in [-0.2, 0) is 0 Å². The molecule has 0 spiro atoms. The maximum absolute atomic E-state index is 9.53. The van der Waals surface area contributed by atoms with Gasteiger partial charge in [0.25, 0.3) is 0 Å². The Labute approximate surface area is 124 Å². The second-order valence-electron chi connectivity index (χ2n) is 7.17. The van der Waals surface area contributed by atoms with E-state index in [1.807, 2.05) is 6.92 Å². The van der Waals surface area contributed by atoms with Crippen molar-refractivity contribution >= 4 is 0 Å². The van der Waals surface area contributed by atoms with E-state index >= 15 is 0 Å².